The van der Waals surface area contributed by atoms with E-state index in [0.29, 0.717) is 6.42 Å². The molecule has 10 heteroatoms. The lowest BCUT2D eigenvalue weighted by molar-refractivity contribution is -0.187. The average Bonchev–Trinajstić information content (AvgIpc) is 3.36. The molecule has 0 aromatic carbocycles. The first-order valence-corrected chi connectivity index (χ1v) is 11.5. The molecular weight excluding hydrogens is 448 g/mol. The Bertz CT molecular complexity index is 909. The molecule has 0 N–H and O–H groups in total. The van der Waals surface area contributed by atoms with Crippen LogP contribution >= 0.6 is 0 Å². The summed E-state index contributed by atoms with van der Waals surface area (Å²) in [6, 6.07) is 0. The van der Waals surface area contributed by atoms with Gasteiger partial charge in [-0.05, 0) is 13.3 Å². The van der Waals surface area contributed by atoms with Gasteiger partial charge in [0.25, 0.3) is 0 Å². The average molecular weight is 481 g/mol. The minimum atomic E-state index is -1.24. The molecule has 9 unspecified atom stereocenters. The third kappa shape index (κ3) is 4.73. The van der Waals surface area contributed by atoms with Gasteiger partial charge in [0.05, 0.1) is 11.8 Å². The van der Waals surface area contributed by atoms with Crippen LogP contribution in [0, 0.1) is 17.8 Å². The van der Waals surface area contributed by atoms with E-state index in [2.05, 4.69) is 6.58 Å². The van der Waals surface area contributed by atoms with Gasteiger partial charge in [-0.1, -0.05) is 27.4 Å². The fraction of sp³-hybridized carbons (Fsp3) is 0.708. The molecular formula is C24H32O10. The largest absolute Gasteiger partial charge is 0.458 e. The fourth-order valence-corrected chi connectivity index (χ4v) is 4.75. The van der Waals surface area contributed by atoms with Crippen molar-refractivity contribution >= 4 is 29.7 Å². The third-order valence-corrected chi connectivity index (χ3v) is 6.88. The van der Waals surface area contributed by atoms with E-state index in [9.17, 15) is 24.0 Å². The number of ketones is 1. The van der Waals surface area contributed by atoms with Crippen LogP contribution in [0.1, 0.15) is 54.4 Å². The minimum absolute atomic E-state index is 0.0128. The van der Waals surface area contributed by atoms with Crippen LogP contribution in [0.5, 0.6) is 0 Å². The van der Waals surface area contributed by atoms with E-state index in [1.165, 1.54) is 13.8 Å². The van der Waals surface area contributed by atoms with E-state index < -0.39 is 77.8 Å². The molecule has 2 aliphatic heterocycles. The van der Waals surface area contributed by atoms with Crippen molar-refractivity contribution in [3.8, 4) is 0 Å². The van der Waals surface area contributed by atoms with Gasteiger partial charge in [-0.15, -0.1) is 0 Å². The Morgan fingerprint density at radius 3 is 2.29 bits per heavy atom. The summed E-state index contributed by atoms with van der Waals surface area (Å²) >= 11 is 0. The van der Waals surface area contributed by atoms with Crippen LogP contribution in [0.25, 0.3) is 0 Å². The number of fused-ring (bicyclic) bond motifs is 2. The molecule has 9 atom stereocenters. The Balaban J connectivity index is 2.16. The maximum atomic E-state index is 13.0. The first kappa shape index (κ1) is 25.9. The molecule has 10 nitrogen and oxygen atoms in total. The highest BCUT2D eigenvalue weighted by Crippen LogP contribution is 2.50. The summed E-state index contributed by atoms with van der Waals surface area (Å²) in [5, 5.41) is 0. The Morgan fingerprint density at radius 2 is 1.74 bits per heavy atom. The molecule has 188 valence electrons. The summed E-state index contributed by atoms with van der Waals surface area (Å²) in [5.74, 6) is -5.02. The van der Waals surface area contributed by atoms with Crippen LogP contribution in [0.2, 0.25) is 0 Å². The van der Waals surface area contributed by atoms with Crippen molar-refractivity contribution in [2.24, 2.45) is 17.8 Å². The van der Waals surface area contributed by atoms with Gasteiger partial charge in [-0.3, -0.25) is 19.2 Å². The van der Waals surface area contributed by atoms with E-state index >= 15 is 0 Å². The monoisotopic (exact) mass is 480 g/mol. The SMILES string of the molecule is C=C1C(=O)OC2C1C(OC(=O)C(C)CC)C(OC(C)=O)C(C)CC(=O)C1OC1(C)C2OC(C)=O. The topological polar surface area (TPSA) is 135 Å². The zero-order valence-corrected chi connectivity index (χ0v) is 20.3. The first-order chi connectivity index (χ1) is 15.8. The van der Waals surface area contributed by atoms with Crippen molar-refractivity contribution in [1.82, 2.24) is 0 Å². The summed E-state index contributed by atoms with van der Waals surface area (Å²) in [5.41, 5.74) is -1.25. The summed E-state index contributed by atoms with van der Waals surface area (Å²) in [6.07, 6.45) is -5.12. The number of carbonyl (C=O) groups is 5. The van der Waals surface area contributed by atoms with Crippen molar-refractivity contribution in [1.29, 1.82) is 0 Å². The predicted octanol–water partition coefficient (Wildman–Crippen LogP) is 1.67. The lowest BCUT2D eigenvalue weighted by atomic mass is 9.76. The standard InChI is InChI=1S/C24H32O10/c1-8-10(2)22(28)32-18-16-12(4)23(29)33-19(16)21(31-14(6)26)24(7)20(34-24)15(27)9-11(3)17(18)30-13(5)25/h10-11,16-21H,4,8-9H2,1-3,5-7H3. The van der Waals surface area contributed by atoms with Gasteiger partial charge >= 0.3 is 23.9 Å². The van der Waals surface area contributed by atoms with E-state index in [1.807, 2.05) is 6.92 Å². The Morgan fingerprint density at radius 1 is 1.12 bits per heavy atom. The van der Waals surface area contributed by atoms with Crippen LogP contribution in [-0.4, -0.2) is 65.8 Å². The second kappa shape index (κ2) is 9.48. The molecule has 0 aromatic rings. The normalized spacial score (nSPS) is 38.1. The molecule has 0 spiro atoms. The number of ether oxygens (including phenoxy) is 5. The molecule has 1 aliphatic carbocycles. The maximum Gasteiger partial charge on any atom is 0.334 e. The van der Waals surface area contributed by atoms with Crippen molar-refractivity contribution in [3.63, 3.8) is 0 Å². The lowest BCUT2D eigenvalue weighted by Gasteiger charge is -2.38. The molecule has 2 saturated heterocycles. The molecule has 34 heavy (non-hydrogen) atoms. The minimum Gasteiger partial charge on any atom is -0.458 e. The number of hydrogen-bond acceptors (Lipinski definition) is 10. The van der Waals surface area contributed by atoms with Crippen LogP contribution < -0.4 is 0 Å². The molecule has 3 rings (SSSR count). The van der Waals surface area contributed by atoms with Gasteiger partial charge in [0, 0.05) is 31.8 Å². The van der Waals surface area contributed by atoms with Gasteiger partial charge in [0.1, 0.15) is 23.9 Å². The lowest BCUT2D eigenvalue weighted by Crippen LogP contribution is -2.54. The second-order valence-corrected chi connectivity index (χ2v) is 9.57. The maximum absolute atomic E-state index is 13.0. The van der Waals surface area contributed by atoms with E-state index in [1.54, 1.807) is 20.8 Å². The Labute approximate surface area is 198 Å². The molecule has 0 radical (unpaired) electrons. The molecule has 0 amide bonds. The smallest absolute Gasteiger partial charge is 0.334 e. The van der Waals surface area contributed by atoms with E-state index in [-0.39, 0.29) is 17.8 Å². The van der Waals surface area contributed by atoms with Gasteiger partial charge in [-0.2, -0.15) is 0 Å². The van der Waals surface area contributed by atoms with Crippen molar-refractivity contribution in [2.45, 2.75) is 90.5 Å². The van der Waals surface area contributed by atoms with Gasteiger partial charge in [-0.25, -0.2) is 4.79 Å². The highest BCUT2D eigenvalue weighted by atomic mass is 16.7. The summed E-state index contributed by atoms with van der Waals surface area (Å²) in [4.78, 5) is 62.6. The van der Waals surface area contributed by atoms with Gasteiger partial charge in [0.2, 0.25) is 0 Å². The molecule has 2 heterocycles. The molecule has 0 aromatic heterocycles. The second-order valence-electron chi connectivity index (χ2n) is 9.57. The summed E-state index contributed by atoms with van der Waals surface area (Å²) < 4.78 is 28.2. The first-order valence-electron chi connectivity index (χ1n) is 11.5. The quantitative estimate of drug-likeness (QED) is 0.247. The zero-order chi connectivity index (χ0) is 25.5. The number of rotatable bonds is 5. The Kier molecular flexibility index (Phi) is 7.21. The summed E-state index contributed by atoms with van der Waals surface area (Å²) in [7, 11) is 0. The molecule has 3 aliphatic rings. The number of carbonyl (C=O) groups excluding carboxylic acids is 5. The molecule has 3 fully saturated rings. The van der Waals surface area contributed by atoms with Gasteiger partial charge in [0.15, 0.2) is 18.0 Å². The highest BCUT2D eigenvalue weighted by Gasteiger charge is 2.69. The molecule has 0 bridgehead atoms. The highest BCUT2D eigenvalue weighted by molar-refractivity contribution is 5.92. The van der Waals surface area contributed by atoms with Crippen molar-refractivity contribution in [2.75, 3.05) is 0 Å². The number of hydrogen-bond donors (Lipinski definition) is 0. The number of Topliss-reactive ketones (excluding diaryl/α,β-unsaturated/α-hetero) is 1. The van der Waals surface area contributed by atoms with Crippen molar-refractivity contribution < 1.29 is 47.7 Å². The number of epoxide rings is 1. The molecule has 1 saturated carbocycles. The summed E-state index contributed by atoms with van der Waals surface area (Å²) in [6.45, 7) is 13.0. The van der Waals surface area contributed by atoms with Crippen LogP contribution in [-0.2, 0) is 47.7 Å². The van der Waals surface area contributed by atoms with E-state index in [0.717, 1.165) is 0 Å². The van der Waals surface area contributed by atoms with Crippen LogP contribution in [0.15, 0.2) is 12.2 Å². The van der Waals surface area contributed by atoms with Gasteiger partial charge < -0.3 is 23.7 Å². The van der Waals surface area contributed by atoms with Crippen molar-refractivity contribution in [3.05, 3.63) is 12.2 Å². The zero-order valence-electron chi connectivity index (χ0n) is 20.3. The van der Waals surface area contributed by atoms with Crippen LogP contribution in [0.4, 0.5) is 0 Å². The third-order valence-electron chi connectivity index (χ3n) is 6.88. The van der Waals surface area contributed by atoms with E-state index in [4.69, 9.17) is 23.7 Å². The number of esters is 4. The predicted molar refractivity (Wildman–Crippen MR) is 115 cm³/mol. The van der Waals surface area contributed by atoms with Crippen LogP contribution in [0.3, 0.4) is 0 Å². The Hall–Kier alpha value is -2.75. The fourth-order valence-electron chi connectivity index (χ4n) is 4.75.